The van der Waals surface area contributed by atoms with Crippen molar-refractivity contribution in [2.45, 2.75) is 26.2 Å². The van der Waals surface area contributed by atoms with Gasteiger partial charge in [-0.05, 0) is 37.1 Å². The molecular formula is C21H18ClN3O3. The van der Waals surface area contributed by atoms with Crippen molar-refractivity contribution in [3.8, 4) is 5.69 Å². The van der Waals surface area contributed by atoms with Crippen LogP contribution in [0.1, 0.15) is 35.8 Å². The topological polar surface area (TPSA) is 80.2 Å². The number of hydrogen-bond donors (Lipinski definition) is 2. The van der Waals surface area contributed by atoms with Gasteiger partial charge in [-0.3, -0.25) is 14.9 Å². The fourth-order valence-electron chi connectivity index (χ4n) is 3.75. The van der Waals surface area contributed by atoms with Crippen molar-refractivity contribution >= 4 is 45.9 Å². The van der Waals surface area contributed by atoms with Gasteiger partial charge in [0.15, 0.2) is 5.78 Å². The largest absolute Gasteiger partial charge is 0.325 e. The summed E-state index contributed by atoms with van der Waals surface area (Å²) in [6.07, 6.45) is 2.17. The summed E-state index contributed by atoms with van der Waals surface area (Å²) < 4.78 is 2.03. The molecule has 2 aromatic carbocycles. The van der Waals surface area contributed by atoms with Crippen molar-refractivity contribution in [1.82, 2.24) is 9.88 Å². The summed E-state index contributed by atoms with van der Waals surface area (Å²) in [4.78, 5) is 35.3. The van der Waals surface area contributed by atoms with Crippen LogP contribution in [0.15, 0.2) is 42.5 Å². The van der Waals surface area contributed by atoms with Gasteiger partial charge in [0.2, 0.25) is 5.91 Å². The Hall–Kier alpha value is -3.12. The van der Waals surface area contributed by atoms with E-state index in [9.17, 15) is 14.4 Å². The molecule has 0 saturated carbocycles. The monoisotopic (exact) mass is 395 g/mol. The number of ketones is 1. The predicted octanol–water partition coefficient (Wildman–Crippen LogP) is 4.47. The molecule has 0 spiro atoms. The SMILES string of the molecule is CC(=O)NC(=O)Nc1ccc(-n2c3c(c4ccccc42)C(=O)CCC3)c(Cl)c1. The average molecular weight is 396 g/mol. The van der Waals surface area contributed by atoms with Gasteiger partial charge < -0.3 is 9.88 Å². The summed E-state index contributed by atoms with van der Waals surface area (Å²) in [6.45, 7) is 1.26. The minimum absolute atomic E-state index is 0.159. The number of anilines is 1. The first kappa shape index (κ1) is 18.3. The molecule has 142 valence electrons. The van der Waals surface area contributed by atoms with Gasteiger partial charge in [0.1, 0.15) is 0 Å². The molecule has 7 heteroatoms. The van der Waals surface area contributed by atoms with E-state index in [4.69, 9.17) is 11.6 Å². The maximum Gasteiger partial charge on any atom is 0.325 e. The number of nitrogens with one attached hydrogen (secondary N) is 2. The van der Waals surface area contributed by atoms with Crippen molar-refractivity contribution in [2.75, 3.05) is 5.32 Å². The first-order chi connectivity index (χ1) is 13.5. The second kappa shape index (κ2) is 7.13. The van der Waals surface area contributed by atoms with Gasteiger partial charge in [0.25, 0.3) is 0 Å². The zero-order valence-corrected chi connectivity index (χ0v) is 16.0. The number of halogens is 1. The second-order valence-corrected chi connectivity index (χ2v) is 7.16. The smallest absolute Gasteiger partial charge is 0.311 e. The molecule has 0 aliphatic heterocycles. The third kappa shape index (κ3) is 3.16. The predicted molar refractivity (Wildman–Crippen MR) is 108 cm³/mol. The van der Waals surface area contributed by atoms with Gasteiger partial charge in [-0.15, -0.1) is 0 Å². The van der Waals surface area contributed by atoms with Crippen LogP contribution in [-0.2, 0) is 11.2 Å². The molecule has 1 aromatic heterocycles. The number of aromatic nitrogens is 1. The molecule has 3 aromatic rings. The molecule has 0 unspecified atom stereocenters. The number of nitrogens with zero attached hydrogens (tertiary/aromatic N) is 1. The van der Waals surface area contributed by atoms with Crippen LogP contribution >= 0.6 is 11.6 Å². The number of benzene rings is 2. The Morgan fingerprint density at radius 2 is 1.89 bits per heavy atom. The summed E-state index contributed by atoms with van der Waals surface area (Å²) in [5.74, 6) is -0.290. The Kier molecular flexibility index (Phi) is 4.65. The molecule has 1 aliphatic carbocycles. The van der Waals surface area contributed by atoms with E-state index in [2.05, 4.69) is 10.6 Å². The summed E-state index contributed by atoms with van der Waals surface area (Å²) >= 11 is 6.54. The minimum atomic E-state index is -0.620. The van der Waals surface area contributed by atoms with Crippen LogP contribution < -0.4 is 10.6 Å². The molecule has 4 rings (SSSR count). The first-order valence-electron chi connectivity index (χ1n) is 8.99. The van der Waals surface area contributed by atoms with Crippen LogP contribution in [0, 0.1) is 0 Å². The van der Waals surface area contributed by atoms with Gasteiger partial charge in [-0.25, -0.2) is 4.79 Å². The second-order valence-electron chi connectivity index (χ2n) is 6.75. The van der Waals surface area contributed by atoms with Gasteiger partial charge in [0, 0.05) is 35.7 Å². The van der Waals surface area contributed by atoms with Crippen molar-refractivity contribution < 1.29 is 14.4 Å². The molecule has 1 aliphatic rings. The lowest BCUT2D eigenvalue weighted by Crippen LogP contribution is -2.32. The summed E-state index contributed by atoms with van der Waals surface area (Å²) in [5.41, 5.74) is 3.88. The van der Waals surface area contributed by atoms with E-state index < -0.39 is 11.9 Å². The van der Waals surface area contributed by atoms with Crippen molar-refractivity contribution in [3.05, 3.63) is 58.7 Å². The lowest BCUT2D eigenvalue weighted by atomic mass is 9.94. The van der Waals surface area contributed by atoms with E-state index >= 15 is 0 Å². The number of urea groups is 1. The van der Waals surface area contributed by atoms with E-state index in [-0.39, 0.29) is 5.78 Å². The van der Waals surface area contributed by atoms with Gasteiger partial charge >= 0.3 is 6.03 Å². The zero-order chi connectivity index (χ0) is 19.8. The molecule has 6 nitrogen and oxygen atoms in total. The molecule has 0 bridgehead atoms. The third-order valence-electron chi connectivity index (χ3n) is 4.81. The van der Waals surface area contributed by atoms with Crippen LogP contribution in [0.2, 0.25) is 5.02 Å². The molecule has 3 amide bonds. The number of para-hydroxylation sites is 1. The maximum absolute atomic E-state index is 12.6. The molecule has 0 radical (unpaired) electrons. The Morgan fingerprint density at radius 1 is 1.11 bits per heavy atom. The number of rotatable bonds is 2. The fraction of sp³-hybridized carbons (Fsp3) is 0.190. The third-order valence-corrected chi connectivity index (χ3v) is 5.11. The number of Topliss-reactive ketones (excluding diaryl/α,β-unsaturated/α-hetero) is 1. The molecule has 2 N–H and O–H groups in total. The highest BCUT2D eigenvalue weighted by Crippen LogP contribution is 2.37. The Labute approximate surface area is 166 Å². The molecular weight excluding hydrogens is 378 g/mol. The number of fused-ring (bicyclic) bond motifs is 3. The van der Waals surface area contributed by atoms with Crippen LogP contribution in [0.4, 0.5) is 10.5 Å². The number of amides is 3. The summed E-state index contributed by atoms with van der Waals surface area (Å²) in [5, 5.41) is 6.09. The van der Waals surface area contributed by atoms with E-state index in [1.54, 1.807) is 18.2 Å². The summed E-state index contributed by atoms with van der Waals surface area (Å²) in [7, 11) is 0. The van der Waals surface area contributed by atoms with Crippen LogP contribution in [0.25, 0.3) is 16.6 Å². The van der Waals surface area contributed by atoms with Crippen LogP contribution in [0.5, 0.6) is 0 Å². The Balaban J connectivity index is 1.80. The fourth-order valence-corrected chi connectivity index (χ4v) is 4.01. The number of hydrogen-bond acceptors (Lipinski definition) is 3. The normalized spacial score (nSPS) is 13.3. The molecule has 0 saturated heterocycles. The quantitative estimate of drug-likeness (QED) is 0.671. The summed E-state index contributed by atoms with van der Waals surface area (Å²) in [6, 6.07) is 12.3. The van der Waals surface area contributed by atoms with Crippen molar-refractivity contribution in [2.24, 2.45) is 0 Å². The highest BCUT2D eigenvalue weighted by atomic mass is 35.5. The molecule has 1 heterocycles. The maximum atomic E-state index is 12.6. The molecule has 0 fully saturated rings. The Morgan fingerprint density at radius 3 is 2.64 bits per heavy atom. The molecule has 28 heavy (non-hydrogen) atoms. The zero-order valence-electron chi connectivity index (χ0n) is 15.2. The highest BCUT2D eigenvalue weighted by Gasteiger charge is 2.26. The average Bonchev–Trinajstić information content (AvgIpc) is 2.97. The number of imide groups is 1. The van der Waals surface area contributed by atoms with E-state index in [1.807, 2.05) is 28.8 Å². The van der Waals surface area contributed by atoms with Gasteiger partial charge in [-0.2, -0.15) is 0 Å². The number of carbonyl (C=O) groups is 3. The van der Waals surface area contributed by atoms with E-state index in [0.717, 1.165) is 40.7 Å². The molecule has 0 atom stereocenters. The van der Waals surface area contributed by atoms with Crippen LogP contribution in [0.3, 0.4) is 0 Å². The van der Waals surface area contributed by atoms with Gasteiger partial charge in [0.05, 0.1) is 16.2 Å². The standard InChI is InChI=1S/C21H18ClN3O3/c1-12(26)23-21(28)24-13-9-10-17(15(22)11-13)25-16-6-3-2-5-14(16)20-18(25)7-4-8-19(20)27/h2-3,5-6,9-11H,4,7-8H2,1H3,(H2,23,24,26,28). The van der Waals surface area contributed by atoms with Gasteiger partial charge in [-0.1, -0.05) is 29.8 Å². The van der Waals surface area contributed by atoms with Crippen molar-refractivity contribution in [1.29, 1.82) is 0 Å². The lowest BCUT2D eigenvalue weighted by molar-refractivity contribution is -0.117. The first-order valence-corrected chi connectivity index (χ1v) is 9.37. The van der Waals surface area contributed by atoms with E-state index in [0.29, 0.717) is 17.1 Å². The number of carbonyl (C=O) groups excluding carboxylic acids is 3. The highest BCUT2D eigenvalue weighted by molar-refractivity contribution is 6.33. The lowest BCUT2D eigenvalue weighted by Gasteiger charge is -2.17. The van der Waals surface area contributed by atoms with E-state index in [1.165, 1.54) is 6.92 Å². The minimum Gasteiger partial charge on any atom is -0.311 e. The Bertz CT molecular complexity index is 1130. The van der Waals surface area contributed by atoms with Crippen molar-refractivity contribution in [3.63, 3.8) is 0 Å². The van der Waals surface area contributed by atoms with Crippen LogP contribution in [-0.4, -0.2) is 22.3 Å².